The molecule has 1 saturated heterocycles. The molecule has 0 bridgehead atoms. The van der Waals surface area contributed by atoms with Crippen LogP contribution in [-0.2, 0) is 0 Å². The summed E-state index contributed by atoms with van der Waals surface area (Å²) in [5.74, 6) is 1.63. The first-order chi connectivity index (χ1) is 10.5. The van der Waals surface area contributed by atoms with E-state index in [1.165, 1.54) is 30.6 Å². The average Bonchev–Trinajstić information content (AvgIpc) is 3.00. The molecule has 1 aliphatic heterocycles. The highest BCUT2D eigenvalue weighted by molar-refractivity contribution is 5.66. The van der Waals surface area contributed by atoms with Crippen LogP contribution in [-0.4, -0.2) is 51.7 Å². The Kier molecular flexibility index (Phi) is 4.04. The highest BCUT2D eigenvalue weighted by atomic mass is 16.4. The molecule has 1 amide bonds. The van der Waals surface area contributed by atoms with Crippen molar-refractivity contribution in [3.05, 3.63) is 11.8 Å². The van der Waals surface area contributed by atoms with Crippen LogP contribution in [0.1, 0.15) is 44.2 Å². The zero-order valence-electron chi connectivity index (χ0n) is 12.9. The van der Waals surface area contributed by atoms with E-state index in [4.69, 9.17) is 10.8 Å². The van der Waals surface area contributed by atoms with Crippen LogP contribution in [0.2, 0.25) is 0 Å². The molecule has 0 unspecified atom stereocenters. The molecular formula is C15H23N5O2. The van der Waals surface area contributed by atoms with Crippen LogP contribution in [0.5, 0.6) is 0 Å². The number of rotatable bonds is 2. The van der Waals surface area contributed by atoms with Crippen LogP contribution in [0.4, 0.5) is 16.6 Å². The van der Waals surface area contributed by atoms with E-state index in [0.29, 0.717) is 31.5 Å². The molecule has 2 heterocycles. The molecule has 3 rings (SSSR count). The predicted molar refractivity (Wildman–Crippen MR) is 84.1 cm³/mol. The molecule has 0 radical (unpaired) electrons. The third-order valence-corrected chi connectivity index (χ3v) is 4.72. The second kappa shape index (κ2) is 5.98. The Morgan fingerprint density at radius 2 is 2.05 bits per heavy atom. The second-order valence-corrected chi connectivity index (χ2v) is 6.26. The van der Waals surface area contributed by atoms with E-state index in [0.717, 1.165) is 11.5 Å². The van der Waals surface area contributed by atoms with Crippen molar-refractivity contribution in [3.63, 3.8) is 0 Å². The van der Waals surface area contributed by atoms with Crippen LogP contribution in [0.15, 0.2) is 6.07 Å². The lowest BCUT2D eigenvalue weighted by Gasteiger charge is -2.39. The zero-order chi connectivity index (χ0) is 15.7. The lowest BCUT2D eigenvalue weighted by Crippen LogP contribution is -2.54. The molecule has 7 nitrogen and oxygen atoms in total. The van der Waals surface area contributed by atoms with Crippen molar-refractivity contribution in [2.75, 3.05) is 30.3 Å². The predicted octanol–water partition coefficient (Wildman–Crippen LogP) is 1.90. The summed E-state index contributed by atoms with van der Waals surface area (Å²) in [5.41, 5.74) is 6.93. The summed E-state index contributed by atoms with van der Waals surface area (Å²) in [6, 6.07) is 1.98. The van der Waals surface area contributed by atoms with Crippen LogP contribution >= 0.6 is 0 Å². The van der Waals surface area contributed by atoms with Crippen molar-refractivity contribution in [1.29, 1.82) is 0 Å². The summed E-state index contributed by atoms with van der Waals surface area (Å²) in [4.78, 5) is 23.5. The van der Waals surface area contributed by atoms with Crippen molar-refractivity contribution < 1.29 is 9.90 Å². The van der Waals surface area contributed by atoms with Crippen molar-refractivity contribution in [1.82, 2.24) is 14.9 Å². The minimum absolute atomic E-state index is 0.0580. The molecular weight excluding hydrogens is 282 g/mol. The minimum Gasteiger partial charge on any atom is -0.465 e. The Labute approximate surface area is 130 Å². The van der Waals surface area contributed by atoms with Crippen LogP contribution < -0.4 is 10.6 Å². The monoisotopic (exact) mass is 305 g/mol. The number of hydrogen-bond donors (Lipinski definition) is 2. The van der Waals surface area contributed by atoms with E-state index in [1.54, 1.807) is 0 Å². The number of nitrogen functional groups attached to an aromatic ring is 1. The van der Waals surface area contributed by atoms with Crippen LogP contribution in [0.3, 0.4) is 0 Å². The molecule has 120 valence electrons. The van der Waals surface area contributed by atoms with Crippen molar-refractivity contribution in [2.24, 2.45) is 0 Å². The summed E-state index contributed by atoms with van der Waals surface area (Å²) in [7, 11) is 0. The molecule has 1 aromatic rings. The van der Waals surface area contributed by atoms with Crippen LogP contribution in [0.25, 0.3) is 0 Å². The number of piperazine rings is 1. The number of nitrogens with zero attached hydrogens (tertiary/aromatic N) is 4. The Bertz CT molecular complexity index is 559. The number of aromatic nitrogens is 2. The SMILES string of the molecule is C[C@H]1CN(c2cc(C3CCCC3)nc(N)n2)CCN1C(=O)O. The third kappa shape index (κ3) is 2.93. The summed E-state index contributed by atoms with van der Waals surface area (Å²) in [6.45, 7) is 3.67. The highest BCUT2D eigenvalue weighted by Crippen LogP contribution is 2.34. The Hall–Kier alpha value is -2.05. The molecule has 2 fully saturated rings. The fraction of sp³-hybridized carbons (Fsp3) is 0.667. The van der Waals surface area contributed by atoms with Gasteiger partial charge in [0.15, 0.2) is 0 Å². The zero-order valence-corrected chi connectivity index (χ0v) is 12.9. The number of nitrogens with two attached hydrogens (primary N) is 1. The largest absolute Gasteiger partial charge is 0.465 e. The van der Waals surface area contributed by atoms with Gasteiger partial charge in [-0.05, 0) is 19.8 Å². The van der Waals surface area contributed by atoms with Gasteiger partial charge in [-0.3, -0.25) is 0 Å². The van der Waals surface area contributed by atoms with Gasteiger partial charge in [0.2, 0.25) is 5.95 Å². The van der Waals surface area contributed by atoms with E-state index in [-0.39, 0.29) is 6.04 Å². The Balaban J connectivity index is 1.78. The van der Waals surface area contributed by atoms with E-state index in [9.17, 15) is 4.79 Å². The second-order valence-electron chi connectivity index (χ2n) is 6.26. The topological polar surface area (TPSA) is 95.6 Å². The van der Waals surface area contributed by atoms with Gasteiger partial charge in [-0.25, -0.2) is 9.78 Å². The molecule has 0 aromatic carbocycles. The van der Waals surface area contributed by atoms with Crippen molar-refractivity contribution in [2.45, 2.75) is 44.6 Å². The molecule has 1 aliphatic carbocycles. The minimum atomic E-state index is -0.860. The summed E-state index contributed by atoms with van der Waals surface area (Å²) in [5, 5.41) is 9.16. The summed E-state index contributed by atoms with van der Waals surface area (Å²) in [6.07, 6.45) is 3.97. The van der Waals surface area contributed by atoms with Gasteiger partial charge in [-0.1, -0.05) is 12.8 Å². The van der Waals surface area contributed by atoms with Gasteiger partial charge in [-0.2, -0.15) is 4.98 Å². The number of hydrogen-bond acceptors (Lipinski definition) is 5. The maximum absolute atomic E-state index is 11.2. The molecule has 3 N–H and O–H groups in total. The molecule has 22 heavy (non-hydrogen) atoms. The Morgan fingerprint density at radius 3 is 2.68 bits per heavy atom. The average molecular weight is 305 g/mol. The van der Waals surface area contributed by atoms with E-state index in [1.807, 2.05) is 13.0 Å². The lowest BCUT2D eigenvalue weighted by atomic mass is 10.0. The van der Waals surface area contributed by atoms with Gasteiger partial charge >= 0.3 is 6.09 Å². The first-order valence-electron chi connectivity index (χ1n) is 7.93. The van der Waals surface area contributed by atoms with Gasteiger partial charge in [0, 0.05) is 37.7 Å². The molecule has 1 atom stereocenters. The first-order valence-corrected chi connectivity index (χ1v) is 7.93. The van der Waals surface area contributed by atoms with Crippen molar-refractivity contribution >= 4 is 17.9 Å². The molecule has 2 aliphatic rings. The molecule has 0 spiro atoms. The fourth-order valence-corrected chi connectivity index (χ4v) is 3.51. The van der Waals surface area contributed by atoms with E-state index < -0.39 is 6.09 Å². The normalized spacial score (nSPS) is 23.0. The third-order valence-electron chi connectivity index (χ3n) is 4.72. The number of anilines is 2. The standard InChI is InChI=1S/C15H23N5O2/c1-10-9-19(6-7-20(10)15(21)22)13-8-12(17-14(16)18-13)11-4-2-3-5-11/h8,10-11H,2-7,9H2,1H3,(H,21,22)(H2,16,17,18)/t10-/m0/s1. The van der Waals surface area contributed by atoms with Gasteiger partial charge in [0.25, 0.3) is 0 Å². The maximum atomic E-state index is 11.2. The van der Waals surface area contributed by atoms with E-state index in [2.05, 4.69) is 14.9 Å². The number of amides is 1. The van der Waals surface area contributed by atoms with Gasteiger partial charge in [0.1, 0.15) is 5.82 Å². The molecule has 1 saturated carbocycles. The quantitative estimate of drug-likeness (QED) is 0.866. The summed E-state index contributed by atoms with van der Waals surface area (Å²) < 4.78 is 0. The molecule has 7 heteroatoms. The smallest absolute Gasteiger partial charge is 0.407 e. The highest BCUT2D eigenvalue weighted by Gasteiger charge is 2.28. The van der Waals surface area contributed by atoms with Gasteiger partial charge < -0.3 is 20.6 Å². The van der Waals surface area contributed by atoms with Crippen LogP contribution in [0, 0.1) is 0 Å². The number of carbonyl (C=O) groups is 1. The van der Waals surface area contributed by atoms with Gasteiger partial charge in [0.05, 0.1) is 5.69 Å². The van der Waals surface area contributed by atoms with Crippen molar-refractivity contribution in [3.8, 4) is 0 Å². The molecule has 1 aromatic heterocycles. The lowest BCUT2D eigenvalue weighted by molar-refractivity contribution is 0.122. The first kappa shape index (κ1) is 14.9. The maximum Gasteiger partial charge on any atom is 0.407 e. The summed E-state index contributed by atoms with van der Waals surface area (Å²) >= 11 is 0. The Morgan fingerprint density at radius 1 is 1.32 bits per heavy atom. The fourth-order valence-electron chi connectivity index (χ4n) is 3.51. The van der Waals surface area contributed by atoms with Gasteiger partial charge in [-0.15, -0.1) is 0 Å². The van der Waals surface area contributed by atoms with E-state index >= 15 is 0 Å². The number of carboxylic acid groups (broad SMARTS) is 1.